The SMILES string of the molecule is O=C1CC(CO)(OCCOCCO)Nc2ccncc21. The second-order valence-corrected chi connectivity index (χ2v) is 4.48. The summed E-state index contributed by atoms with van der Waals surface area (Å²) in [7, 11) is 0. The number of aliphatic hydroxyl groups is 2. The second kappa shape index (κ2) is 6.76. The second-order valence-electron chi connectivity index (χ2n) is 4.48. The van der Waals surface area contributed by atoms with Crippen LogP contribution < -0.4 is 5.32 Å². The summed E-state index contributed by atoms with van der Waals surface area (Å²) in [5.74, 6) is -0.128. The number of nitrogens with one attached hydrogen (secondary N) is 1. The van der Waals surface area contributed by atoms with Gasteiger partial charge in [-0.1, -0.05) is 0 Å². The van der Waals surface area contributed by atoms with Gasteiger partial charge in [0.2, 0.25) is 0 Å². The average molecular weight is 282 g/mol. The van der Waals surface area contributed by atoms with Crippen molar-refractivity contribution in [2.75, 3.05) is 38.4 Å². The Kier molecular flexibility index (Phi) is 5.02. The quantitative estimate of drug-likeness (QED) is 0.595. The zero-order chi connectivity index (χ0) is 14.4. The molecule has 2 heterocycles. The van der Waals surface area contributed by atoms with E-state index in [9.17, 15) is 9.90 Å². The number of pyridine rings is 1. The van der Waals surface area contributed by atoms with Crippen LogP contribution >= 0.6 is 0 Å². The van der Waals surface area contributed by atoms with Crippen molar-refractivity contribution in [1.82, 2.24) is 4.98 Å². The fourth-order valence-corrected chi connectivity index (χ4v) is 2.06. The number of aliphatic hydroxyl groups excluding tert-OH is 2. The van der Waals surface area contributed by atoms with Crippen LogP contribution in [-0.2, 0) is 9.47 Å². The molecule has 0 spiro atoms. The molecule has 1 unspecified atom stereocenters. The lowest BCUT2D eigenvalue weighted by Gasteiger charge is -2.37. The fourth-order valence-electron chi connectivity index (χ4n) is 2.06. The van der Waals surface area contributed by atoms with Crippen LogP contribution in [0.3, 0.4) is 0 Å². The molecule has 1 aromatic heterocycles. The van der Waals surface area contributed by atoms with Crippen molar-refractivity contribution in [3.8, 4) is 0 Å². The van der Waals surface area contributed by atoms with Gasteiger partial charge in [-0.2, -0.15) is 0 Å². The maximum absolute atomic E-state index is 12.1. The summed E-state index contributed by atoms with van der Waals surface area (Å²) in [5.41, 5.74) is -0.0353. The largest absolute Gasteiger partial charge is 0.394 e. The van der Waals surface area contributed by atoms with Crippen molar-refractivity contribution in [2.24, 2.45) is 0 Å². The highest BCUT2D eigenvalue weighted by atomic mass is 16.6. The number of carbonyl (C=O) groups excluding carboxylic acids is 1. The van der Waals surface area contributed by atoms with Crippen LogP contribution in [0, 0.1) is 0 Å². The molecule has 7 nitrogen and oxygen atoms in total. The zero-order valence-corrected chi connectivity index (χ0v) is 11.0. The highest BCUT2D eigenvalue weighted by Gasteiger charge is 2.38. The van der Waals surface area contributed by atoms with Gasteiger partial charge in [0.1, 0.15) is 0 Å². The fraction of sp³-hybridized carbons (Fsp3) is 0.538. The number of anilines is 1. The summed E-state index contributed by atoms with van der Waals surface area (Å²) >= 11 is 0. The van der Waals surface area contributed by atoms with E-state index in [1.807, 2.05) is 0 Å². The van der Waals surface area contributed by atoms with Crippen molar-refractivity contribution in [1.29, 1.82) is 0 Å². The summed E-state index contributed by atoms with van der Waals surface area (Å²) < 4.78 is 10.7. The zero-order valence-electron chi connectivity index (χ0n) is 11.0. The normalized spacial score (nSPS) is 21.4. The molecule has 0 saturated carbocycles. The number of ether oxygens (including phenoxy) is 2. The van der Waals surface area contributed by atoms with Crippen molar-refractivity contribution < 1.29 is 24.5 Å². The number of carbonyl (C=O) groups is 1. The van der Waals surface area contributed by atoms with Gasteiger partial charge in [0, 0.05) is 12.4 Å². The number of aromatic nitrogens is 1. The highest BCUT2D eigenvalue weighted by Crippen LogP contribution is 2.30. The Morgan fingerprint density at radius 2 is 2.20 bits per heavy atom. The molecule has 110 valence electrons. The summed E-state index contributed by atoms with van der Waals surface area (Å²) in [6.45, 7) is 0.335. The third-order valence-electron chi connectivity index (χ3n) is 3.03. The van der Waals surface area contributed by atoms with Gasteiger partial charge in [-0.25, -0.2) is 0 Å². The first-order chi connectivity index (χ1) is 9.71. The third-order valence-corrected chi connectivity index (χ3v) is 3.03. The molecule has 0 aromatic carbocycles. The Labute approximate surface area is 116 Å². The Hall–Kier alpha value is -1.54. The summed E-state index contributed by atoms with van der Waals surface area (Å²) in [5, 5.41) is 21.2. The predicted octanol–water partition coefficient (Wildman–Crippen LogP) is -0.206. The number of hydrogen-bond donors (Lipinski definition) is 3. The highest BCUT2D eigenvalue weighted by molar-refractivity contribution is 6.03. The summed E-state index contributed by atoms with van der Waals surface area (Å²) in [6.07, 6.45) is 3.09. The molecule has 0 aliphatic carbocycles. The maximum Gasteiger partial charge on any atom is 0.171 e. The number of ketones is 1. The molecule has 3 N–H and O–H groups in total. The standard InChI is InChI=1S/C13H18N2O5/c16-3-4-19-5-6-20-13(9-17)7-12(18)10-8-14-2-1-11(10)15-13/h1-2,8,15-17H,3-7,9H2. The van der Waals surface area contributed by atoms with Gasteiger partial charge < -0.3 is 25.0 Å². The topological polar surface area (TPSA) is 101 Å². The number of fused-ring (bicyclic) bond motifs is 1. The lowest BCUT2D eigenvalue weighted by Crippen LogP contribution is -2.50. The Morgan fingerprint density at radius 1 is 1.35 bits per heavy atom. The number of rotatable bonds is 7. The van der Waals surface area contributed by atoms with Gasteiger partial charge in [0.25, 0.3) is 0 Å². The molecule has 0 saturated heterocycles. The van der Waals surface area contributed by atoms with Crippen LogP contribution in [0.25, 0.3) is 0 Å². The molecule has 0 bridgehead atoms. The Morgan fingerprint density at radius 3 is 2.95 bits per heavy atom. The van der Waals surface area contributed by atoms with E-state index in [1.165, 1.54) is 6.20 Å². The third kappa shape index (κ3) is 3.31. The van der Waals surface area contributed by atoms with Crippen LogP contribution in [0.15, 0.2) is 18.5 Å². The first-order valence-corrected chi connectivity index (χ1v) is 6.39. The van der Waals surface area contributed by atoms with E-state index in [4.69, 9.17) is 14.6 Å². The molecule has 1 atom stereocenters. The maximum atomic E-state index is 12.1. The monoisotopic (exact) mass is 282 g/mol. The Balaban J connectivity index is 2.00. The average Bonchev–Trinajstić information content (AvgIpc) is 2.47. The first-order valence-electron chi connectivity index (χ1n) is 6.39. The van der Waals surface area contributed by atoms with Crippen LogP contribution in [0.2, 0.25) is 0 Å². The molecular formula is C13H18N2O5. The molecule has 7 heteroatoms. The van der Waals surface area contributed by atoms with E-state index in [2.05, 4.69) is 10.3 Å². The van der Waals surface area contributed by atoms with E-state index in [0.717, 1.165) is 0 Å². The minimum absolute atomic E-state index is 0.0300. The van der Waals surface area contributed by atoms with Gasteiger partial charge in [0.15, 0.2) is 11.5 Å². The summed E-state index contributed by atoms with van der Waals surface area (Å²) in [4.78, 5) is 16.0. The lowest BCUT2D eigenvalue weighted by atomic mass is 9.96. The Bertz CT molecular complexity index is 468. The van der Waals surface area contributed by atoms with Gasteiger partial charge in [0.05, 0.1) is 50.7 Å². The molecule has 1 aliphatic rings. The molecule has 1 aromatic rings. The first kappa shape index (κ1) is 14.9. The van der Waals surface area contributed by atoms with Crippen molar-refractivity contribution in [2.45, 2.75) is 12.1 Å². The molecule has 20 heavy (non-hydrogen) atoms. The van der Waals surface area contributed by atoms with Crippen LogP contribution in [-0.4, -0.2) is 59.7 Å². The molecular weight excluding hydrogens is 264 g/mol. The number of Topliss-reactive ketones (excluding diaryl/α,β-unsaturated/α-hetero) is 1. The minimum Gasteiger partial charge on any atom is -0.394 e. The van der Waals surface area contributed by atoms with Crippen molar-refractivity contribution in [3.05, 3.63) is 24.0 Å². The molecule has 0 fully saturated rings. The number of hydrogen-bond acceptors (Lipinski definition) is 7. The number of nitrogens with zero attached hydrogens (tertiary/aromatic N) is 1. The molecule has 2 rings (SSSR count). The van der Waals surface area contributed by atoms with E-state index in [0.29, 0.717) is 11.3 Å². The minimum atomic E-state index is -1.13. The van der Waals surface area contributed by atoms with Crippen molar-refractivity contribution in [3.63, 3.8) is 0 Å². The van der Waals surface area contributed by atoms with Crippen LogP contribution in [0.1, 0.15) is 16.8 Å². The van der Waals surface area contributed by atoms with Gasteiger partial charge in [-0.05, 0) is 6.07 Å². The van der Waals surface area contributed by atoms with Gasteiger partial charge in [-0.15, -0.1) is 0 Å². The van der Waals surface area contributed by atoms with E-state index >= 15 is 0 Å². The van der Waals surface area contributed by atoms with E-state index in [-0.39, 0.29) is 45.2 Å². The smallest absolute Gasteiger partial charge is 0.171 e. The van der Waals surface area contributed by atoms with Crippen LogP contribution in [0.5, 0.6) is 0 Å². The van der Waals surface area contributed by atoms with E-state index in [1.54, 1.807) is 12.3 Å². The summed E-state index contributed by atoms with van der Waals surface area (Å²) in [6, 6.07) is 1.67. The van der Waals surface area contributed by atoms with Gasteiger partial charge in [-0.3, -0.25) is 9.78 Å². The van der Waals surface area contributed by atoms with Gasteiger partial charge >= 0.3 is 0 Å². The molecule has 0 radical (unpaired) electrons. The van der Waals surface area contributed by atoms with Crippen LogP contribution in [0.4, 0.5) is 5.69 Å². The van der Waals surface area contributed by atoms with Crippen molar-refractivity contribution >= 4 is 11.5 Å². The van der Waals surface area contributed by atoms with E-state index < -0.39 is 5.72 Å². The molecule has 0 amide bonds. The molecule has 1 aliphatic heterocycles. The lowest BCUT2D eigenvalue weighted by molar-refractivity contribution is -0.0799. The predicted molar refractivity (Wildman–Crippen MR) is 70.5 cm³/mol.